The molecule has 18 heavy (non-hydrogen) atoms. The zero-order valence-corrected chi connectivity index (χ0v) is 10.4. The average Bonchev–Trinajstić information content (AvgIpc) is 2.99. The molecule has 0 saturated heterocycles. The lowest BCUT2D eigenvalue weighted by atomic mass is 10.3. The summed E-state index contributed by atoms with van der Waals surface area (Å²) in [4.78, 5) is 12.8. The topological polar surface area (TPSA) is 77.8 Å². The normalized spacial score (nSPS) is 10.7. The van der Waals surface area contributed by atoms with Crippen molar-refractivity contribution in [2.24, 2.45) is 0 Å². The average molecular weight is 258 g/mol. The second-order valence-electron chi connectivity index (χ2n) is 3.73. The van der Waals surface area contributed by atoms with Gasteiger partial charge in [-0.05, 0) is 19.1 Å². The second kappa shape index (κ2) is 4.23. The first kappa shape index (κ1) is 10.9. The molecule has 3 aromatic rings. The van der Waals surface area contributed by atoms with Crippen LogP contribution in [0.15, 0.2) is 34.4 Å². The smallest absolute Gasteiger partial charge is 0.153 e. The van der Waals surface area contributed by atoms with E-state index in [2.05, 4.69) is 15.0 Å². The quantitative estimate of drug-likeness (QED) is 0.764. The summed E-state index contributed by atoms with van der Waals surface area (Å²) in [7, 11) is 0. The molecular weight excluding hydrogens is 248 g/mol. The molecule has 0 aromatic carbocycles. The van der Waals surface area contributed by atoms with E-state index in [4.69, 9.17) is 10.2 Å². The minimum atomic E-state index is 0.447. The van der Waals surface area contributed by atoms with Gasteiger partial charge in [0, 0.05) is 11.6 Å². The van der Waals surface area contributed by atoms with Gasteiger partial charge in [0.25, 0.3) is 0 Å². The third kappa shape index (κ3) is 1.86. The van der Waals surface area contributed by atoms with Gasteiger partial charge >= 0.3 is 0 Å². The number of hydrogen-bond donors (Lipinski definition) is 1. The van der Waals surface area contributed by atoms with Gasteiger partial charge in [-0.2, -0.15) is 0 Å². The summed E-state index contributed by atoms with van der Waals surface area (Å²) >= 11 is 1.49. The molecule has 6 heteroatoms. The van der Waals surface area contributed by atoms with Crippen LogP contribution in [-0.2, 0) is 0 Å². The molecule has 0 atom stereocenters. The maximum absolute atomic E-state index is 5.87. The van der Waals surface area contributed by atoms with E-state index in [0.29, 0.717) is 11.6 Å². The monoisotopic (exact) mass is 258 g/mol. The highest BCUT2D eigenvalue weighted by Crippen LogP contribution is 2.30. The maximum atomic E-state index is 5.87. The molecule has 5 nitrogen and oxygen atoms in total. The summed E-state index contributed by atoms with van der Waals surface area (Å²) < 4.78 is 5.30. The van der Waals surface area contributed by atoms with E-state index in [9.17, 15) is 0 Å². The number of thiazole rings is 1. The van der Waals surface area contributed by atoms with Gasteiger partial charge in [-0.1, -0.05) is 0 Å². The molecule has 0 radical (unpaired) electrons. The highest BCUT2D eigenvalue weighted by Gasteiger charge is 2.12. The lowest BCUT2D eigenvalue weighted by Gasteiger charge is -2.00. The summed E-state index contributed by atoms with van der Waals surface area (Å²) in [6.07, 6.45) is 3.32. The lowest BCUT2D eigenvalue weighted by Crippen LogP contribution is -1.97. The zero-order valence-electron chi connectivity index (χ0n) is 9.62. The third-order valence-corrected chi connectivity index (χ3v) is 3.32. The van der Waals surface area contributed by atoms with Crippen molar-refractivity contribution in [3.05, 3.63) is 35.8 Å². The van der Waals surface area contributed by atoms with E-state index in [-0.39, 0.29) is 0 Å². The molecule has 0 aliphatic carbocycles. The first-order valence-electron chi connectivity index (χ1n) is 5.33. The van der Waals surface area contributed by atoms with Crippen LogP contribution >= 0.6 is 11.3 Å². The Morgan fingerprint density at radius 3 is 2.94 bits per heavy atom. The molecule has 0 spiro atoms. The minimum Gasteiger partial charge on any atom is -0.463 e. The van der Waals surface area contributed by atoms with Crippen molar-refractivity contribution < 1.29 is 4.42 Å². The van der Waals surface area contributed by atoms with Crippen LogP contribution in [0.2, 0.25) is 0 Å². The van der Waals surface area contributed by atoms with Gasteiger partial charge in [0.1, 0.15) is 22.3 Å². The molecule has 0 unspecified atom stereocenters. The molecule has 0 amide bonds. The van der Waals surface area contributed by atoms with E-state index in [0.717, 1.165) is 22.0 Å². The Bertz CT molecular complexity index is 675. The van der Waals surface area contributed by atoms with Gasteiger partial charge in [0.15, 0.2) is 5.76 Å². The predicted molar refractivity (Wildman–Crippen MR) is 70.0 cm³/mol. The molecule has 0 saturated carbocycles. The van der Waals surface area contributed by atoms with Crippen LogP contribution in [0.1, 0.15) is 5.82 Å². The lowest BCUT2D eigenvalue weighted by molar-refractivity contribution is 0.580. The second-order valence-corrected chi connectivity index (χ2v) is 4.59. The summed E-state index contributed by atoms with van der Waals surface area (Å²) in [5, 5.41) is 2.71. The molecule has 0 aliphatic heterocycles. The number of nitrogens with two attached hydrogens (primary N) is 1. The fourth-order valence-corrected chi connectivity index (χ4v) is 2.41. The first-order valence-corrected chi connectivity index (χ1v) is 6.21. The van der Waals surface area contributed by atoms with Crippen molar-refractivity contribution in [3.8, 4) is 22.0 Å². The number of anilines is 1. The number of hydrogen-bond acceptors (Lipinski definition) is 6. The Kier molecular flexibility index (Phi) is 2.56. The SMILES string of the molecule is Cc1ncc(-c2nc(-c3ccco3)cs2)c(N)n1. The van der Waals surface area contributed by atoms with Crippen LogP contribution in [0.4, 0.5) is 5.82 Å². The van der Waals surface area contributed by atoms with Gasteiger partial charge < -0.3 is 10.2 Å². The van der Waals surface area contributed by atoms with E-state index in [1.54, 1.807) is 19.4 Å². The van der Waals surface area contributed by atoms with Gasteiger partial charge in [-0.25, -0.2) is 15.0 Å². The van der Waals surface area contributed by atoms with Crippen LogP contribution in [0.25, 0.3) is 22.0 Å². The van der Waals surface area contributed by atoms with Crippen molar-refractivity contribution in [3.63, 3.8) is 0 Å². The van der Waals surface area contributed by atoms with Crippen molar-refractivity contribution in [2.45, 2.75) is 6.92 Å². The number of nitrogens with zero attached hydrogens (tertiary/aromatic N) is 3. The van der Waals surface area contributed by atoms with Gasteiger partial charge in [0.2, 0.25) is 0 Å². The maximum Gasteiger partial charge on any atom is 0.153 e. The number of furan rings is 1. The van der Waals surface area contributed by atoms with Gasteiger partial charge in [-0.15, -0.1) is 11.3 Å². The Labute approximate surface area is 107 Å². The summed E-state index contributed by atoms with van der Waals surface area (Å²) in [5.41, 5.74) is 7.42. The van der Waals surface area contributed by atoms with Crippen molar-refractivity contribution in [1.29, 1.82) is 0 Å². The van der Waals surface area contributed by atoms with E-state index >= 15 is 0 Å². The Morgan fingerprint density at radius 2 is 2.22 bits per heavy atom. The molecule has 3 aromatic heterocycles. The van der Waals surface area contributed by atoms with Crippen LogP contribution in [-0.4, -0.2) is 15.0 Å². The fraction of sp³-hybridized carbons (Fsp3) is 0.0833. The Morgan fingerprint density at radius 1 is 1.33 bits per heavy atom. The Hall–Kier alpha value is -2.21. The molecule has 2 N–H and O–H groups in total. The highest BCUT2D eigenvalue weighted by molar-refractivity contribution is 7.13. The van der Waals surface area contributed by atoms with Crippen LogP contribution in [0.5, 0.6) is 0 Å². The summed E-state index contributed by atoms with van der Waals surface area (Å²) in [6, 6.07) is 3.70. The molecule has 3 heterocycles. The van der Waals surface area contributed by atoms with E-state index in [1.807, 2.05) is 17.5 Å². The van der Waals surface area contributed by atoms with E-state index in [1.165, 1.54) is 11.3 Å². The summed E-state index contributed by atoms with van der Waals surface area (Å²) in [5.74, 6) is 1.84. The molecule has 0 bridgehead atoms. The van der Waals surface area contributed by atoms with Gasteiger partial charge in [0.05, 0.1) is 11.8 Å². The first-order chi connectivity index (χ1) is 8.74. The van der Waals surface area contributed by atoms with Crippen molar-refractivity contribution >= 4 is 17.2 Å². The summed E-state index contributed by atoms with van der Waals surface area (Å²) in [6.45, 7) is 1.80. The molecule has 0 fully saturated rings. The predicted octanol–water partition coefficient (Wildman–Crippen LogP) is 2.75. The third-order valence-electron chi connectivity index (χ3n) is 2.45. The minimum absolute atomic E-state index is 0.447. The standard InChI is InChI=1S/C12H10N4OS/c1-7-14-5-8(11(13)15-7)12-16-9(6-18-12)10-3-2-4-17-10/h2-6H,1H3,(H2,13,14,15). The van der Waals surface area contributed by atoms with Crippen LogP contribution in [0.3, 0.4) is 0 Å². The molecule has 90 valence electrons. The number of aryl methyl sites for hydroxylation is 1. The van der Waals surface area contributed by atoms with Crippen molar-refractivity contribution in [2.75, 3.05) is 5.73 Å². The van der Waals surface area contributed by atoms with Gasteiger partial charge in [-0.3, -0.25) is 0 Å². The zero-order chi connectivity index (χ0) is 12.5. The number of nitrogen functional groups attached to an aromatic ring is 1. The molecular formula is C12H10N4OS. The highest BCUT2D eigenvalue weighted by atomic mass is 32.1. The largest absolute Gasteiger partial charge is 0.463 e. The fourth-order valence-electron chi connectivity index (χ4n) is 1.59. The van der Waals surface area contributed by atoms with Crippen LogP contribution < -0.4 is 5.73 Å². The van der Waals surface area contributed by atoms with Crippen LogP contribution in [0, 0.1) is 6.92 Å². The molecule has 3 rings (SSSR count). The van der Waals surface area contributed by atoms with E-state index < -0.39 is 0 Å². The number of aromatic nitrogens is 3. The Balaban J connectivity index is 2.03. The molecule has 0 aliphatic rings. The van der Waals surface area contributed by atoms with Crippen molar-refractivity contribution in [1.82, 2.24) is 15.0 Å². The number of rotatable bonds is 2.